The maximum absolute atomic E-state index is 13.3. The molecule has 0 radical (unpaired) electrons. The Morgan fingerprint density at radius 1 is 1.21 bits per heavy atom. The Hall–Kier alpha value is -1.92. The molecule has 34 heavy (non-hydrogen) atoms. The minimum atomic E-state index is -5.08. The maximum atomic E-state index is 13.3. The third-order valence-corrected chi connectivity index (χ3v) is 6.40. The van der Waals surface area contributed by atoms with Crippen molar-refractivity contribution in [2.24, 2.45) is 0 Å². The number of morpholine rings is 1. The number of aromatic nitrogens is 2. The van der Waals surface area contributed by atoms with Gasteiger partial charge in [-0.2, -0.15) is 13.2 Å². The van der Waals surface area contributed by atoms with Gasteiger partial charge in [-0.25, -0.2) is 9.78 Å². The summed E-state index contributed by atoms with van der Waals surface area (Å²) in [6, 6.07) is 3.34. The molecule has 1 atom stereocenters. The molecule has 188 valence electrons. The lowest BCUT2D eigenvalue weighted by molar-refractivity contribution is -0.192. The Labute approximate surface area is 203 Å². The third kappa shape index (κ3) is 6.82. The summed E-state index contributed by atoms with van der Waals surface area (Å²) in [4.78, 5) is 29.4. The summed E-state index contributed by atoms with van der Waals surface area (Å²) in [5.41, 5.74) is 0.588. The van der Waals surface area contributed by atoms with E-state index in [1.165, 1.54) is 0 Å². The summed E-state index contributed by atoms with van der Waals surface area (Å²) in [5, 5.41) is 11.9. The van der Waals surface area contributed by atoms with Crippen LogP contribution in [0.15, 0.2) is 16.9 Å². The van der Waals surface area contributed by atoms with Crippen molar-refractivity contribution in [2.45, 2.75) is 31.5 Å². The first-order chi connectivity index (χ1) is 16.1. The van der Waals surface area contributed by atoms with Crippen LogP contribution in [-0.2, 0) is 16.1 Å². The van der Waals surface area contributed by atoms with Crippen LogP contribution in [0.25, 0.3) is 10.9 Å². The van der Waals surface area contributed by atoms with Gasteiger partial charge >= 0.3 is 12.1 Å². The predicted molar refractivity (Wildman–Crippen MR) is 122 cm³/mol. The second kappa shape index (κ2) is 11.7. The number of hydrogen-bond donors (Lipinski definition) is 2. The number of carboxylic acids is 1. The number of benzene rings is 1. The second-order valence-corrected chi connectivity index (χ2v) is 8.82. The standard InChI is InChI=1S/C19H24Cl2N4O2.C2HF3O2/c20-15-10-14-17(11-16(15)21)23-18(13-2-1-3-22-12-13)25(19(14)26)5-4-24-6-8-27-9-7-24;3-2(4,5)1(6)7/h10-11,13,22H,1-9,12H2;(H,6,7)/t13-;/m1./s1. The number of alkyl halides is 3. The monoisotopic (exact) mass is 524 g/mol. The zero-order chi connectivity index (χ0) is 24.9. The van der Waals surface area contributed by atoms with E-state index in [0.29, 0.717) is 27.5 Å². The lowest BCUT2D eigenvalue weighted by Crippen LogP contribution is -2.41. The van der Waals surface area contributed by atoms with Gasteiger partial charge in [0, 0.05) is 38.6 Å². The van der Waals surface area contributed by atoms with Crippen molar-refractivity contribution in [1.29, 1.82) is 0 Å². The van der Waals surface area contributed by atoms with Gasteiger partial charge in [0.25, 0.3) is 5.56 Å². The van der Waals surface area contributed by atoms with Gasteiger partial charge in [-0.15, -0.1) is 0 Å². The molecule has 1 aromatic carbocycles. The summed E-state index contributed by atoms with van der Waals surface area (Å²) in [5.74, 6) is -1.67. The average Bonchev–Trinajstić information content (AvgIpc) is 2.81. The Balaban J connectivity index is 0.000000406. The average molecular weight is 525 g/mol. The number of halogens is 5. The highest BCUT2D eigenvalue weighted by Gasteiger charge is 2.38. The Bertz CT molecular complexity index is 1070. The molecular formula is C21H25Cl2F3N4O4. The predicted octanol–water partition coefficient (Wildman–Crippen LogP) is 3.14. The van der Waals surface area contributed by atoms with Crippen molar-refractivity contribution in [3.63, 3.8) is 0 Å². The van der Waals surface area contributed by atoms with Crippen LogP contribution >= 0.6 is 23.2 Å². The number of hydrogen-bond acceptors (Lipinski definition) is 6. The molecule has 1 aromatic heterocycles. The van der Waals surface area contributed by atoms with Gasteiger partial charge in [0.15, 0.2) is 0 Å². The highest BCUT2D eigenvalue weighted by molar-refractivity contribution is 6.42. The molecule has 2 aromatic rings. The summed E-state index contributed by atoms with van der Waals surface area (Å²) in [6.45, 7) is 6.59. The number of carboxylic acid groups (broad SMARTS) is 1. The van der Waals surface area contributed by atoms with Gasteiger partial charge in [0.1, 0.15) is 5.82 Å². The summed E-state index contributed by atoms with van der Waals surface area (Å²) in [6.07, 6.45) is -2.97. The van der Waals surface area contributed by atoms with Crippen LogP contribution in [0, 0.1) is 0 Å². The molecule has 3 heterocycles. The first-order valence-electron chi connectivity index (χ1n) is 10.8. The molecule has 0 amide bonds. The molecule has 0 bridgehead atoms. The minimum absolute atomic E-state index is 0.0348. The minimum Gasteiger partial charge on any atom is -0.475 e. The topological polar surface area (TPSA) is 96.7 Å². The molecule has 2 aliphatic heterocycles. The van der Waals surface area contributed by atoms with E-state index in [-0.39, 0.29) is 11.5 Å². The first-order valence-corrected chi connectivity index (χ1v) is 11.5. The zero-order valence-corrected chi connectivity index (χ0v) is 19.7. The van der Waals surface area contributed by atoms with Crippen molar-refractivity contribution in [1.82, 2.24) is 19.8 Å². The number of fused-ring (bicyclic) bond motifs is 1. The third-order valence-electron chi connectivity index (χ3n) is 5.67. The zero-order valence-electron chi connectivity index (χ0n) is 18.2. The van der Waals surface area contributed by atoms with Gasteiger partial charge in [-0.3, -0.25) is 14.3 Å². The second-order valence-electron chi connectivity index (χ2n) is 8.01. The van der Waals surface area contributed by atoms with Crippen LogP contribution in [0.5, 0.6) is 0 Å². The molecule has 2 N–H and O–H groups in total. The molecule has 2 fully saturated rings. The Morgan fingerprint density at radius 2 is 1.85 bits per heavy atom. The lowest BCUT2D eigenvalue weighted by Gasteiger charge is -2.29. The summed E-state index contributed by atoms with van der Waals surface area (Å²) >= 11 is 12.3. The van der Waals surface area contributed by atoms with Crippen LogP contribution in [-0.4, -0.2) is 77.6 Å². The van der Waals surface area contributed by atoms with Crippen molar-refractivity contribution in [3.05, 3.63) is 38.4 Å². The SMILES string of the molecule is O=C(O)C(F)(F)F.O=c1c2cc(Cl)c(Cl)cc2nc([C@@H]2CCCNC2)n1CCN1CCOCC1. The van der Waals surface area contributed by atoms with Gasteiger partial charge < -0.3 is 15.2 Å². The molecule has 13 heteroatoms. The molecule has 2 saturated heterocycles. The molecule has 4 rings (SSSR count). The summed E-state index contributed by atoms with van der Waals surface area (Å²) < 4.78 is 39.0. The van der Waals surface area contributed by atoms with Crippen molar-refractivity contribution >= 4 is 40.1 Å². The van der Waals surface area contributed by atoms with E-state index in [1.54, 1.807) is 12.1 Å². The molecule has 0 spiro atoms. The molecule has 0 unspecified atom stereocenters. The Kier molecular flexibility index (Phi) is 9.16. The first kappa shape index (κ1) is 26.7. The van der Waals surface area contributed by atoms with Crippen LogP contribution < -0.4 is 10.9 Å². The summed E-state index contributed by atoms with van der Waals surface area (Å²) in [7, 11) is 0. The smallest absolute Gasteiger partial charge is 0.475 e. The van der Waals surface area contributed by atoms with E-state index >= 15 is 0 Å². The normalized spacial score (nSPS) is 19.5. The number of ether oxygens (including phenoxy) is 1. The lowest BCUT2D eigenvalue weighted by atomic mass is 9.98. The van der Waals surface area contributed by atoms with E-state index in [9.17, 15) is 18.0 Å². The van der Waals surface area contributed by atoms with E-state index in [1.807, 2.05) is 4.57 Å². The largest absolute Gasteiger partial charge is 0.490 e. The molecule has 0 saturated carbocycles. The van der Waals surface area contributed by atoms with Gasteiger partial charge in [0.05, 0.1) is 34.2 Å². The molecular weight excluding hydrogens is 500 g/mol. The number of rotatable bonds is 4. The fraction of sp³-hybridized carbons (Fsp3) is 0.571. The van der Waals surface area contributed by atoms with E-state index in [4.69, 9.17) is 42.8 Å². The van der Waals surface area contributed by atoms with Crippen LogP contribution in [0.1, 0.15) is 24.6 Å². The molecule has 2 aliphatic rings. The quantitative estimate of drug-likeness (QED) is 0.634. The van der Waals surface area contributed by atoms with Crippen LogP contribution in [0.3, 0.4) is 0 Å². The van der Waals surface area contributed by atoms with Crippen molar-refractivity contribution in [2.75, 3.05) is 45.9 Å². The van der Waals surface area contributed by atoms with Crippen molar-refractivity contribution < 1.29 is 27.8 Å². The van der Waals surface area contributed by atoms with Crippen LogP contribution in [0.2, 0.25) is 10.0 Å². The molecule has 8 nitrogen and oxygen atoms in total. The van der Waals surface area contributed by atoms with Crippen molar-refractivity contribution in [3.8, 4) is 0 Å². The number of piperidine rings is 1. The Morgan fingerprint density at radius 3 is 2.44 bits per heavy atom. The highest BCUT2D eigenvalue weighted by atomic mass is 35.5. The van der Waals surface area contributed by atoms with Gasteiger partial charge in [0.2, 0.25) is 0 Å². The highest BCUT2D eigenvalue weighted by Crippen LogP contribution is 2.28. The van der Waals surface area contributed by atoms with Crippen LogP contribution in [0.4, 0.5) is 13.2 Å². The maximum Gasteiger partial charge on any atom is 0.490 e. The fourth-order valence-electron chi connectivity index (χ4n) is 3.90. The van der Waals surface area contributed by atoms with Gasteiger partial charge in [-0.1, -0.05) is 23.2 Å². The number of aliphatic carboxylic acids is 1. The molecule has 0 aliphatic carbocycles. The number of nitrogens with one attached hydrogen (secondary N) is 1. The van der Waals surface area contributed by atoms with E-state index in [2.05, 4.69) is 10.2 Å². The van der Waals surface area contributed by atoms with E-state index < -0.39 is 12.1 Å². The number of carbonyl (C=O) groups is 1. The number of nitrogens with zero attached hydrogens (tertiary/aromatic N) is 3. The fourth-order valence-corrected chi connectivity index (χ4v) is 4.22. The van der Waals surface area contributed by atoms with E-state index in [0.717, 1.165) is 64.6 Å². The van der Waals surface area contributed by atoms with Gasteiger partial charge in [-0.05, 0) is 31.5 Å².